The first-order valence-electron chi connectivity index (χ1n) is 5.70. The van der Waals surface area contributed by atoms with E-state index in [1.54, 1.807) is 17.5 Å². The summed E-state index contributed by atoms with van der Waals surface area (Å²) in [5.74, 6) is 0. The Morgan fingerprint density at radius 3 is 2.94 bits per heavy atom. The first-order chi connectivity index (χ1) is 8.20. The van der Waals surface area contributed by atoms with Crippen molar-refractivity contribution >= 4 is 11.3 Å². The van der Waals surface area contributed by atoms with Crippen LogP contribution in [0, 0.1) is 6.92 Å². The monoisotopic (exact) mass is 248 g/mol. The molecule has 0 bridgehead atoms. The zero-order valence-electron chi connectivity index (χ0n) is 10.3. The fourth-order valence-electron chi connectivity index (χ4n) is 1.60. The first kappa shape index (κ1) is 12.1. The second kappa shape index (κ2) is 5.33. The van der Waals surface area contributed by atoms with Gasteiger partial charge in [-0.05, 0) is 32.5 Å². The molecule has 17 heavy (non-hydrogen) atoms. The van der Waals surface area contributed by atoms with E-state index in [9.17, 15) is 0 Å². The molecule has 0 aliphatic carbocycles. The van der Waals surface area contributed by atoms with Crippen molar-refractivity contribution in [1.29, 1.82) is 0 Å². The van der Waals surface area contributed by atoms with E-state index in [1.807, 2.05) is 19.1 Å². The molecule has 90 valence electrons. The zero-order valence-corrected chi connectivity index (χ0v) is 11.1. The molecule has 2 aromatic heterocycles. The topological polar surface area (TPSA) is 50.7 Å². The van der Waals surface area contributed by atoms with Crippen molar-refractivity contribution in [3.05, 3.63) is 29.0 Å². The third kappa shape index (κ3) is 2.87. The van der Waals surface area contributed by atoms with Gasteiger partial charge in [0.1, 0.15) is 10.0 Å². The number of nitrogens with zero attached hydrogens (tertiary/aromatic N) is 3. The van der Waals surface area contributed by atoms with Gasteiger partial charge in [-0.2, -0.15) is 0 Å². The average molecular weight is 248 g/mol. The molecule has 1 N–H and O–H groups in total. The standard InChI is InChI=1S/C12H16N4S/c1-4-13-9(3)11-15-16-12(17-11)10-5-6-14-8(2)7-10/h5-7,9,13H,4H2,1-3H3. The SMILES string of the molecule is CCNC(C)c1nnc(-c2ccnc(C)c2)s1. The minimum absolute atomic E-state index is 0.259. The van der Waals surface area contributed by atoms with Crippen LogP contribution in [0.3, 0.4) is 0 Å². The van der Waals surface area contributed by atoms with Gasteiger partial charge in [0.15, 0.2) is 0 Å². The summed E-state index contributed by atoms with van der Waals surface area (Å²) in [6.45, 7) is 7.10. The maximum absolute atomic E-state index is 4.23. The third-order valence-corrected chi connectivity index (χ3v) is 3.62. The van der Waals surface area contributed by atoms with E-state index < -0.39 is 0 Å². The Balaban J connectivity index is 2.23. The number of aryl methyl sites for hydroxylation is 1. The zero-order chi connectivity index (χ0) is 12.3. The smallest absolute Gasteiger partial charge is 0.147 e. The van der Waals surface area contributed by atoms with E-state index in [4.69, 9.17) is 0 Å². The predicted molar refractivity (Wildman–Crippen MR) is 70.0 cm³/mol. The molecular formula is C12H16N4S. The minimum Gasteiger partial charge on any atom is -0.308 e. The second-order valence-electron chi connectivity index (χ2n) is 3.91. The van der Waals surface area contributed by atoms with E-state index in [0.29, 0.717) is 0 Å². The highest BCUT2D eigenvalue weighted by Crippen LogP contribution is 2.26. The summed E-state index contributed by atoms with van der Waals surface area (Å²) in [6.07, 6.45) is 1.81. The highest BCUT2D eigenvalue weighted by molar-refractivity contribution is 7.14. The lowest BCUT2D eigenvalue weighted by Crippen LogP contribution is -2.17. The molecular weight excluding hydrogens is 232 g/mol. The van der Waals surface area contributed by atoms with Gasteiger partial charge in [-0.25, -0.2) is 0 Å². The van der Waals surface area contributed by atoms with E-state index in [2.05, 4.69) is 34.3 Å². The van der Waals surface area contributed by atoms with Gasteiger partial charge in [0.2, 0.25) is 0 Å². The highest BCUT2D eigenvalue weighted by Gasteiger charge is 2.11. The Bertz CT molecular complexity index is 495. The second-order valence-corrected chi connectivity index (χ2v) is 4.92. The van der Waals surface area contributed by atoms with Crippen molar-refractivity contribution in [2.75, 3.05) is 6.54 Å². The molecule has 0 amide bonds. The quantitative estimate of drug-likeness (QED) is 0.903. The number of pyridine rings is 1. The largest absolute Gasteiger partial charge is 0.308 e. The van der Waals surface area contributed by atoms with Crippen LogP contribution in [0.5, 0.6) is 0 Å². The normalized spacial score (nSPS) is 12.6. The molecule has 0 spiro atoms. The van der Waals surface area contributed by atoms with Crippen LogP contribution in [0.25, 0.3) is 10.6 Å². The van der Waals surface area contributed by atoms with Crippen LogP contribution in [0.4, 0.5) is 0 Å². The number of rotatable bonds is 4. The van der Waals surface area contributed by atoms with Crippen molar-refractivity contribution in [3.8, 4) is 10.6 Å². The lowest BCUT2D eigenvalue weighted by Gasteiger charge is -2.06. The van der Waals surface area contributed by atoms with Crippen LogP contribution >= 0.6 is 11.3 Å². The molecule has 0 aliphatic rings. The van der Waals surface area contributed by atoms with E-state index in [-0.39, 0.29) is 6.04 Å². The van der Waals surface area contributed by atoms with Crippen LogP contribution in [0.1, 0.15) is 30.6 Å². The molecule has 0 saturated heterocycles. The molecule has 4 nitrogen and oxygen atoms in total. The molecule has 1 atom stereocenters. The Morgan fingerprint density at radius 1 is 1.41 bits per heavy atom. The molecule has 0 aromatic carbocycles. The molecule has 0 saturated carbocycles. The van der Waals surface area contributed by atoms with Crippen molar-refractivity contribution in [2.24, 2.45) is 0 Å². The summed E-state index contributed by atoms with van der Waals surface area (Å²) < 4.78 is 0. The van der Waals surface area contributed by atoms with Crippen molar-refractivity contribution in [3.63, 3.8) is 0 Å². The van der Waals surface area contributed by atoms with E-state index in [1.165, 1.54) is 0 Å². The number of nitrogens with one attached hydrogen (secondary N) is 1. The van der Waals surface area contributed by atoms with Gasteiger partial charge in [0.25, 0.3) is 0 Å². The van der Waals surface area contributed by atoms with Crippen LogP contribution in [-0.4, -0.2) is 21.7 Å². The Labute approximate surface area is 105 Å². The molecule has 0 fully saturated rings. The lowest BCUT2D eigenvalue weighted by molar-refractivity contribution is 0.590. The van der Waals surface area contributed by atoms with Gasteiger partial charge in [0.05, 0.1) is 6.04 Å². The summed E-state index contributed by atoms with van der Waals surface area (Å²) in [5, 5.41) is 13.8. The Morgan fingerprint density at radius 2 is 2.24 bits per heavy atom. The van der Waals surface area contributed by atoms with Gasteiger partial charge in [0, 0.05) is 17.5 Å². The van der Waals surface area contributed by atoms with Crippen LogP contribution in [-0.2, 0) is 0 Å². The number of hydrogen-bond donors (Lipinski definition) is 1. The molecule has 0 aliphatic heterocycles. The highest BCUT2D eigenvalue weighted by atomic mass is 32.1. The van der Waals surface area contributed by atoms with Gasteiger partial charge in [-0.15, -0.1) is 10.2 Å². The summed E-state index contributed by atoms with van der Waals surface area (Å²) in [4.78, 5) is 4.18. The Hall–Kier alpha value is -1.33. The van der Waals surface area contributed by atoms with Gasteiger partial charge in [-0.1, -0.05) is 18.3 Å². The maximum Gasteiger partial charge on any atom is 0.147 e. The number of hydrogen-bond acceptors (Lipinski definition) is 5. The summed E-state index contributed by atoms with van der Waals surface area (Å²) in [7, 11) is 0. The minimum atomic E-state index is 0.259. The molecule has 2 aromatic rings. The van der Waals surface area contributed by atoms with Gasteiger partial charge in [-0.3, -0.25) is 4.98 Å². The van der Waals surface area contributed by atoms with Crippen molar-refractivity contribution in [1.82, 2.24) is 20.5 Å². The van der Waals surface area contributed by atoms with E-state index in [0.717, 1.165) is 27.8 Å². The van der Waals surface area contributed by atoms with Crippen LogP contribution in [0.15, 0.2) is 18.3 Å². The van der Waals surface area contributed by atoms with Crippen molar-refractivity contribution in [2.45, 2.75) is 26.8 Å². The summed E-state index contributed by atoms with van der Waals surface area (Å²) >= 11 is 1.63. The Kier molecular flexibility index (Phi) is 3.81. The van der Waals surface area contributed by atoms with Gasteiger partial charge < -0.3 is 5.32 Å². The molecule has 2 rings (SSSR count). The first-order valence-corrected chi connectivity index (χ1v) is 6.52. The summed E-state index contributed by atoms with van der Waals surface area (Å²) in [6, 6.07) is 4.26. The molecule has 5 heteroatoms. The third-order valence-electron chi connectivity index (χ3n) is 2.46. The molecule has 2 heterocycles. The van der Waals surface area contributed by atoms with Crippen LogP contribution < -0.4 is 5.32 Å². The lowest BCUT2D eigenvalue weighted by atomic mass is 10.2. The fraction of sp³-hybridized carbons (Fsp3) is 0.417. The fourth-order valence-corrected chi connectivity index (χ4v) is 2.46. The van der Waals surface area contributed by atoms with Crippen molar-refractivity contribution < 1.29 is 0 Å². The van der Waals surface area contributed by atoms with Crippen LogP contribution in [0.2, 0.25) is 0 Å². The predicted octanol–water partition coefficient (Wildman–Crippen LogP) is 2.58. The van der Waals surface area contributed by atoms with E-state index >= 15 is 0 Å². The van der Waals surface area contributed by atoms with Gasteiger partial charge >= 0.3 is 0 Å². The molecule has 0 radical (unpaired) electrons. The summed E-state index contributed by atoms with van der Waals surface area (Å²) in [5.41, 5.74) is 2.09. The number of aromatic nitrogens is 3. The average Bonchev–Trinajstić information content (AvgIpc) is 2.78. The maximum atomic E-state index is 4.23. The molecule has 1 unspecified atom stereocenters.